The van der Waals surface area contributed by atoms with Crippen LogP contribution in [-0.2, 0) is 4.79 Å². The van der Waals surface area contributed by atoms with Crippen molar-refractivity contribution in [3.63, 3.8) is 0 Å². The highest BCUT2D eigenvalue weighted by Gasteiger charge is 2.30. The van der Waals surface area contributed by atoms with E-state index < -0.39 is 11.3 Å². The van der Waals surface area contributed by atoms with E-state index in [1.807, 2.05) is 18.2 Å². The lowest BCUT2D eigenvalue weighted by molar-refractivity contribution is -0.108. The summed E-state index contributed by atoms with van der Waals surface area (Å²) in [6, 6.07) is 16.8. The number of halogens is 1. The Balaban J connectivity index is 1.74. The topological polar surface area (TPSA) is 109 Å². The van der Waals surface area contributed by atoms with Gasteiger partial charge in [-0.2, -0.15) is 0 Å². The molecule has 3 aromatic rings. The zero-order valence-corrected chi connectivity index (χ0v) is 20.1. The molecule has 0 fully saturated rings. The number of benzene rings is 3. The van der Waals surface area contributed by atoms with Crippen LogP contribution in [0.2, 0.25) is 0 Å². The first-order valence-electron chi connectivity index (χ1n) is 10.7. The molecule has 1 aliphatic heterocycles. The molecular formula is C26H24ClN3O5. The first-order valence-corrected chi connectivity index (χ1v) is 11.1. The summed E-state index contributed by atoms with van der Waals surface area (Å²) in [4.78, 5) is 25.3. The minimum Gasteiger partial charge on any atom is -0.502 e. The molecule has 1 heterocycles. The molecule has 0 spiro atoms. The van der Waals surface area contributed by atoms with Crippen molar-refractivity contribution in [2.45, 2.75) is 13.0 Å². The highest BCUT2D eigenvalue weighted by Crippen LogP contribution is 2.43. The van der Waals surface area contributed by atoms with Crippen LogP contribution < -0.4 is 25.4 Å². The van der Waals surface area contributed by atoms with Crippen LogP contribution in [0.15, 0.2) is 71.9 Å². The van der Waals surface area contributed by atoms with Crippen molar-refractivity contribution in [2.75, 3.05) is 30.2 Å². The Morgan fingerprint density at radius 1 is 0.971 bits per heavy atom. The molecule has 0 saturated heterocycles. The van der Waals surface area contributed by atoms with Gasteiger partial charge in [-0.05, 0) is 66.6 Å². The second kappa shape index (κ2) is 9.99. The van der Waals surface area contributed by atoms with Crippen LogP contribution in [0.1, 0.15) is 28.9 Å². The lowest BCUT2D eigenvalue weighted by atomic mass is 9.97. The van der Waals surface area contributed by atoms with E-state index in [2.05, 4.69) is 16.0 Å². The quantitative estimate of drug-likeness (QED) is 0.346. The SMILES string of the molecule is COc1cc(C2Nc3ccc(C(=O)Nc4ccccc4)cc3NC(C)=C2C(=O)Cl)cc(OC)c1O. The Morgan fingerprint density at radius 3 is 2.23 bits per heavy atom. The molecule has 8 nitrogen and oxygen atoms in total. The Hall–Kier alpha value is -4.17. The molecule has 1 atom stereocenters. The molecule has 3 aromatic carbocycles. The van der Waals surface area contributed by atoms with Gasteiger partial charge in [0.05, 0.1) is 37.2 Å². The molecule has 0 bridgehead atoms. The molecule has 1 amide bonds. The molecule has 4 rings (SSSR count). The second-order valence-corrected chi connectivity index (χ2v) is 8.21. The number of anilines is 3. The summed E-state index contributed by atoms with van der Waals surface area (Å²) in [5, 5.41) is 19.0. The molecule has 1 unspecified atom stereocenters. The van der Waals surface area contributed by atoms with E-state index in [-0.39, 0.29) is 28.7 Å². The van der Waals surface area contributed by atoms with Gasteiger partial charge < -0.3 is 30.5 Å². The number of fused-ring (bicyclic) bond motifs is 1. The van der Waals surface area contributed by atoms with E-state index in [4.69, 9.17) is 21.1 Å². The number of methoxy groups -OCH3 is 2. The number of ether oxygens (including phenoxy) is 2. The lowest BCUT2D eigenvalue weighted by Gasteiger charge is -2.22. The van der Waals surface area contributed by atoms with E-state index in [1.54, 1.807) is 49.4 Å². The van der Waals surface area contributed by atoms with E-state index in [0.29, 0.717) is 33.9 Å². The molecule has 0 radical (unpaired) electrons. The molecule has 0 aromatic heterocycles. The molecule has 9 heteroatoms. The summed E-state index contributed by atoms with van der Waals surface area (Å²) in [5.74, 6) is -0.0552. The van der Waals surface area contributed by atoms with E-state index in [0.717, 1.165) is 0 Å². The van der Waals surface area contributed by atoms with Gasteiger partial charge in [0, 0.05) is 16.9 Å². The lowest BCUT2D eigenvalue weighted by Crippen LogP contribution is -2.18. The first kappa shape index (κ1) is 24.0. The zero-order chi connectivity index (χ0) is 25.1. The number of amides is 1. The van der Waals surface area contributed by atoms with E-state index in [1.165, 1.54) is 14.2 Å². The minimum atomic E-state index is -0.693. The predicted molar refractivity (Wildman–Crippen MR) is 136 cm³/mol. The zero-order valence-electron chi connectivity index (χ0n) is 19.3. The van der Waals surface area contributed by atoms with E-state index in [9.17, 15) is 14.7 Å². The summed E-state index contributed by atoms with van der Waals surface area (Å²) in [6.07, 6.45) is 0. The molecule has 4 N–H and O–H groups in total. The summed E-state index contributed by atoms with van der Waals surface area (Å²) >= 11 is 6.01. The predicted octanol–water partition coefficient (Wildman–Crippen LogP) is 5.28. The smallest absolute Gasteiger partial charge is 0.255 e. The van der Waals surface area contributed by atoms with Crippen molar-refractivity contribution >= 4 is 39.8 Å². The van der Waals surface area contributed by atoms with Gasteiger partial charge in [0.15, 0.2) is 11.5 Å². The van der Waals surface area contributed by atoms with Gasteiger partial charge in [-0.25, -0.2) is 0 Å². The van der Waals surface area contributed by atoms with Gasteiger partial charge in [-0.3, -0.25) is 9.59 Å². The second-order valence-electron chi connectivity index (χ2n) is 7.87. The standard InChI is InChI=1S/C26H24ClN3O5/c1-14-22(25(27)32)23(16-12-20(34-2)24(31)21(13-16)35-3)30-18-10-9-15(11-19(18)28-14)26(33)29-17-7-5-4-6-8-17/h4-13,23,28,30-31H,1-3H3,(H,29,33). The normalized spacial score (nSPS) is 14.7. The fourth-order valence-corrected chi connectivity index (χ4v) is 4.20. The average molecular weight is 494 g/mol. The number of rotatable bonds is 6. The van der Waals surface area contributed by atoms with Crippen molar-refractivity contribution in [3.05, 3.63) is 83.1 Å². The molecule has 35 heavy (non-hydrogen) atoms. The largest absolute Gasteiger partial charge is 0.502 e. The molecule has 0 aliphatic carbocycles. The Morgan fingerprint density at radius 2 is 1.63 bits per heavy atom. The van der Waals surface area contributed by atoms with E-state index >= 15 is 0 Å². The van der Waals surface area contributed by atoms with Gasteiger partial charge >= 0.3 is 0 Å². The Kier molecular flexibility index (Phi) is 6.84. The van der Waals surface area contributed by atoms with Crippen molar-refractivity contribution in [3.8, 4) is 17.2 Å². The number of para-hydroxylation sites is 1. The third kappa shape index (κ3) is 4.88. The fraction of sp³-hybridized carbons (Fsp3) is 0.154. The number of carbonyl (C=O) groups is 2. The summed E-state index contributed by atoms with van der Waals surface area (Å²) < 4.78 is 10.6. The Labute approximate surface area is 207 Å². The number of allylic oxidation sites excluding steroid dienone is 1. The number of hydrogen-bond acceptors (Lipinski definition) is 7. The van der Waals surface area contributed by atoms with Crippen LogP contribution in [-0.4, -0.2) is 30.5 Å². The Bertz CT molecular complexity index is 1300. The third-order valence-corrected chi connectivity index (χ3v) is 5.88. The summed E-state index contributed by atoms with van der Waals surface area (Å²) in [7, 11) is 2.85. The number of aromatic hydroxyl groups is 1. The maximum atomic E-state index is 12.8. The maximum absolute atomic E-state index is 12.8. The number of nitrogens with one attached hydrogen (secondary N) is 3. The van der Waals surface area contributed by atoms with Crippen LogP contribution in [0, 0.1) is 0 Å². The van der Waals surface area contributed by atoms with Crippen molar-refractivity contribution in [1.29, 1.82) is 0 Å². The average Bonchev–Trinajstić information content (AvgIpc) is 2.99. The molecule has 0 saturated carbocycles. The number of phenolic OH excluding ortho intramolecular Hbond substituents is 1. The maximum Gasteiger partial charge on any atom is 0.255 e. The van der Waals surface area contributed by atoms with Gasteiger partial charge in [0.1, 0.15) is 0 Å². The van der Waals surface area contributed by atoms with Crippen molar-refractivity contribution in [2.24, 2.45) is 0 Å². The fourth-order valence-electron chi connectivity index (χ4n) is 3.94. The van der Waals surface area contributed by atoms with Crippen LogP contribution in [0.5, 0.6) is 17.2 Å². The van der Waals surface area contributed by atoms with Gasteiger partial charge in [0.2, 0.25) is 5.75 Å². The van der Waals surface area contributed by atoms with Crippen molar-refractivity contribution < 1.29 is 24.2 Å². The van der Waals surface area contributed by atoms with Crippen LogP contribution >= 0.6 is 11.6 Å². The third-order valence-electron chi connectivity index (χ3n) is 5.68. The highest BCUT2D eigenvalue weighted by molar-refractivity contribution is 6.68. The minimum absolute atomic E-state index is 0.153. The summed E-state index contributed by atoms with van der Waals surface area (Å²) in [6.45, 7) is 1.73. The van der Waals surface area contributed by atoms with Crippen LogP contribution in [0.4, 0.5) is 17.1 Å². The van der Waals surface area contributed by atoms with Gasteiger partial charge in [-0.1, -0.05) is 18.2 Å². The number of phenols is 1. The van der Waals surface area contributed by atoms with Crippen LogP contribution in [0.25, 0.3) is 0 Å². The van der Waals surface area contributed by atoms with Gasteiger partial charge in [-0.15, -0.1) is 0 Å². The molecular weight excluding hydrogens is 470 g/mol. The number of hydrogen-bond donors (Lipinski definition) is 4. The van der Waals surface area contributed by atoms with Crippen molar-refractivity contribution in [1.82, 2.24) is 0 Å². The first-order chi connectivity index (χ1) is 16.8. The summed E-state index contributed by atoms with van der Waals surface area (Å²) in [5.41, 5.74) is 3.71. The van der Waals surface area contributed by atoms with Crippen LogP contribution in [0.3, 0.4) is 0 Å². The monoisotopic (exact) mass is 493 g/mol. The highest BCUT2D eigenvalue weighted by atomic mass is 35.5. The van der Waals surface area contributed by atoms with Gasteiger partial charge in [0.25, 0.3) is 11.1 Å². The molecule has 1 aliphatic rings. The molecule has 180 valence electrons. The number of carbonyl (C=O) groups excluding carboxylic acids is 2.